The van der Waals surface area contributed by atoms with Gasteiger partial charge in [-0.05, 0) is 43.9 Å². The third-order valence-corrected chi connectivity index (χ3v) is 8.13. The van der Waals surface area contributed by atoms with E-state index in [1.807, 2.05) is 58.5 Å². The monoisotopic (exact) mass is 500 g/mol. The smallest absolute Gasteiger partial charge is 0.262 e. The summed E-state index contributed by atoms with van der Waals surface area (Å²) in [7, 11) is 0. The minimum Gasteiger partial charge on any atom is -0.388 e. The van der Waals surface area contributed by atoms with Crippen LogP contribution in [0.25, 0.3) is 16.7 Å². The first-order chi connectivity index (χ1) is 18.0. The van der Waals surface area contributed by atoms with E-state index in [4.69, 9.17) is 0 Å². The number of rotatable bonds is 5. The molecule has 0 spiro atoms. The molecule has 4 aromatic rings. The summed E-state index contributed by atoms with van der Waals surface area (Å²) >= 11 is 0. The lowest BCUT2D eigenvalue weighted by molar-refractivity contribution is -0.142. The minimum atomic E-state index is -1.06. The number of fused-ring (bicyclic) bond motifs is 1. The Labute approximate surface area is 215 Å². The number of hydrogen-bond acceptors (Lipinski definition) is 5. The van der Waals surface area contributed by atoms with E-state index < -0.39 is 5.60 Å². The van der Waals surface area contributed by atoms with E-state index in [0.29, 0.717) is 37.0 Å². The fourth-order valence-corrected chi connectivity index (χ4v) is 6.04. The standard InChI is InChI=1S/C28H32N6O3/c35-26(22-8-4-5-9-24(22)32-17-13-29-19-32)31-15-11-28(37,12-16-31)18-33-20-30-25-23(27(33)36)10-14-34(25)21-6-2-1-3-7-21/h1-3,6-7,10,13-14,17,19-20,22,24,37H,4-5,8-9,11-12,15-16,18H2/t22-,24-/m1/s1. The van der Waals surface area contributed by atoms with Gasteiger partial charge in [-0.1, -0.05) is 31.0 Å². The number of amides is 1. The van der Waals surface area contributed by atoms with E-state index in [0.717, 1.165) is 31.4 Å². The number of hydrogen-bond donors (Lipinski definition) is 1. The van der Waals surface area contributed by atoms with Gasteiger partial charge in [-0.3, -0.25) is 14.2 Å². The Morgan fingerprint density at radius 2 is 1.81 bits per heavy atom. The molecule has 1 aromatic carbocycles. The second kappa shape index (κ2) is 9.63. The maximum Gasteiger partial charge on any atom is 0.262 e. The van der Waals surface area contributed by atoms with Crippen molar-refractivity contribution in [3.05, 3.63) is 78.0 Å². The van der Waals surface area contributed by atoms with Crippen LogP contribution in [-0.4, -0.2) is 58.3 Å². The molecule has 192 valence electrons. The fourth-order valence-electron chi connectivity index (χ4n) is 6.04. The number of aliphatic hydroxyl groups is 1. The van der Waals surface area contributed by atoms with Crippen molar-refractivity contribution in [2.45, 2.75) is 56.7 Å². The third-order valence-electron chi connectivity index (χ3n) is 8.13. The van der Waals surface area contributed by atoms with Crippen LogP contribution in [-0.2, 0) is 11.3 Å². The van der Waals surface area contributed by atoms with Gasteiger partial charge in [0.15, 0.2) is 5.65 Å². The number of para-hydroxylation sites is 1. The Kier molecular flexibility index (Phi) is 6.16. The van der Waals surface area contributed by atoms with Crippen LogP contribution in [0.1, 0.15) is 44.6 Å². The Bertz CT molecular complexity index is 1430. The zero-order valence-corrected chi connectivity index (χ0v) is 20.8. The summed E-state index contributed by atoms with van der Waals surface area (Å²) in [4.78, 5) is 37.4. The van der Waals surface area contributed by atoms with Crippen LogP contribution in [0.2, 0.25) is 0 Å². The van der Waals surface area contributed by atoms with Crippen LogP contribution >= 0.6 is 0 Å². The first-order valence-electron chi connectivity index (χ1n) is 13.1. The SMILES string of the molecule is O=C([C@@H]1CCCC[C@H]1n1ccnc1)N1CCC(O)(Cn2cnc3c(ccn3-c3ccccc3)c2=O)CC1. The average Bonchev–Trinajstić information content (AvgIpc) is 3.62. The number of nitrogens with zero attached hydrogens (tertiary/aromatic N) is 6. The van der Waals surface area contributed by atoms with E-state index in [1.54, 1.807) is 12.3 Å². The summed E-state index contributed by atoms with van der Waals surface area (Å²) in [5.41, 5.74) is 0.303. The zero-order chi connectivity index (χ0) is 25.4. The molecule has 2 atom stereocenters. The second-order valence-corrected chi connectivity index (χ2v) is 10.5. The Morgan fingerprint density at radius 1 is 1.03 bits per heavy atom. The highest BCUT2D eigenvalue weighted by Crippen LogP contribution is 2.36. The highest BCUT2D eigenvalue weighted by Gasteiger charge is 2.39. The molecular formula is C28H32N6O3. The zero-order valence-electron chi connectivity index (χ0n) is 20.8. The van der Waals surface area contributed by atoms with Crippen molar-refractivity contribution in [3.8, 4) is 5.69 Å². The molecule has 1 N–H and O–H groups in total. The summed E-state index contributed by atoms with van der Waals surface area (Å²) in [6, 6.07) is 11.7. The van der Waals surface area contributed by atoms with E-state index in [9.17, 15) is 14.7 Å². The molecule has 37 heavy (non-hydrogen) atoms. The van der Waals surface area contributed by atoms with Gasteiger partial charge < -0.3 is 19.1 Å². The van der Waals surface area contributed by atoms with Gasteiger partial charge in [0.25, 0.3) is 5.56 Å². The predicted octanol–water partition coefficient (Wildman–Crippen LogP) is 3.17. The van der Waals surface area contributed by atoms with Gasteiger partial charge in [0.2, 0.25) is 5.91 Å². The lowest BCUT2D eigenvalue weighted by Gasteiger charge is -2.41. The van der Waals surface area contributed by atoms with Crippen LogP contribution in [0.5, 0.6) is 0 Å². The van der Waals surface area contributed by atoms with Crippen LogP contribution in [0.15, 0.2) is 72.4 Å². The van der Waals surface area contributed by atoms with Crippen molar-refractivity contribution >= 4 is 16.9 Å². The number of benzene rings is 1. The van der Waals surface area contributed by atoms with Crippen LogP contribution in [0, 0.1) is 5.92 Å². The van der Waals surface area contributed by atoms with Gasteiger partial charge >= 0.3 is 0 Å². The first kappa shape index (κ1) is 23.7. The highest BCUT2D eigenvalue weighted by atomic mass is 16.3. The molecule has 3 aromatic heterocycles. The molecule has 1 aliphatic heterocycles. The molecule has 0 radical (unpaired) electrons. The van der Waals surface area contributed by atoms with Gasteiger partial charge in [-0.25, -0.2) is 9.97 Å². The number of imidazole rings is 1. The molecule has 1 saturated heterocycles. The second-order valence-electron chi connectivity index (χ2n) is 10.5. The van der Waals surface area contributed by atoms with E-state index in [2.05, 4.69) is 14.5 Å². The maximum atomic E-state index is 13.5. The van der Waals surface area contributed by atoms with Crippen LogP contribution < -0.4 is 5.56 Å². The Balaban J connectivity index is 1.15. The van der Waals surface area contributed by atoms with Crippen LogP contribution in [0.4, 0.5) is 0 Å². The van der Waals surface area contributed by atoms with Crippen LogP contribution in [0.3, 0.4) is 0 Å². The molecule has 1 amide bonds. The molecule has 4 heterocycles. The molecule has 2 aliphatic rings. The van der Waals surface area contributed by atoms with E-state index in [1.165, 1.54) is 10.9 Å². The summed E-state index contributed by atoms with van der Waals surface area (Å²) in [5, 5.41) is 11.9. The molecule has 2 fully saturated rings. The molecule has 9 nitrogen and oxygen atoms in total. The Hall–Kier alpha value is -3.72. The van der Waals surface area contributed by atoms with Gasteiger partial charge in [0, 0.05) is 43.4 Å². The van der Waals surface area contributed by atoms with Gasteiger partial charge in [-0.2, -0.15) is 0 Å². The molecule has 0 bridgehead atoms. The van der Waals surface area contributed by atoms with Gasteiger partial charge in [0.05, 0.1) is 29.8 Å². The minimum absolute atomic E-state index is 0.0583. The van der Waals surface area contributed by atoms with Crippen molar-refractivity contribution in [1.82, 2.24) is 28.6 Å². The van der Waals surface area contributed by atoms with Crippen molar-refractivity contribution in [2.24, 2.45) is 5.92 Å². The van der Waals surface area contributed by atoms with E-state index >= 15 is 0 Å². The molecule has 0 unspecified atom stereocenters. The third kappa shape index (κ3) is 4.48. The molecular weight excluding hydrogens is 468 g/mol. The first-order valence-corrected chi connectivity index (χ1v) is 13.1. The molecule has 1 aliphatic carbocycles. The summed E-state index contributed by atoms with van der Waals surface area (Å²) in [6.45, 7) is 1.13. The molecule has 1 saturated carbocycles. The summed E-state index contributed by atoms with van der Waals surface area (Å²) in [6.07, 6.45) is 13.8. The molecule has 9 heteroatoms. The van der Waals surface area contributed by atoms with Crippen molar-refractivity contribution in [1.29, 1.82) is 0 Å². The summed E-state index contributed by atoms with van der Waals surface area (Å²) in [5.74, 6) is 0.111. The number of carbonyl (C=O) groups excluding carboxylic acids is 1. The maximum absolute atomic E-state index is 13.5. The summed E-state index contributed by atoms with van der Waals surface area (Å²) < 4.78 is 5.47. The van der Waals surface area contributed by atoms with Gasteiger partial charge in [-0.15, -0.1) is 0 Å². The van der Waals surface area contributed by atoms with Crippen molar-refractivity contribution < 1.29 is 9.90 Å². The quantitative estimate of drug-likeness (QED) is 0.454. The highest BCUT2D eigenvalue weighted by molar-refractivity contribution is 5.79. The van der Waals surface area contributed by atoms with Crippen molar-refractivity contribution in [3.63, 3.8) is 0 Å². The fraction of sp³-hybridized carbons (Fsp3) is 0.429. The normalized spacial score (nSPS) is 21.8. The largest absolute Gasteiger partial charge is 0.388 e. The predicted molar refractivity (Wildman–Crippen MR) is 139 cm³/mol. The number of carbonyl (C=O) groups is 1. The van der Waals surface area contributed by atoms with Crippen molar-refractivity contribution in [2.75, 3.05) is 13.1 Å². The average molecular weight is 501 g/mol. The number of aromatic nitrogens is 5. The lowest BCUT2D eigenvalue weighted by atomic mass is 9.82. The molecule has 6 rings (SSSR count). The number of likely N-dealkylation sites (tertiary alicyclic amines) is 1. The number of piperidine rings is 1. The topological polar surface area (TPSA) is 98.2 Å². The van der Waals surface area contributed by atoms with Gasteiger partial charge in [0.1, 0.15) is 6.33 Å². The Morgan fingerprint density at radius 3 is 2.57 bits per heavy atom. The van der Waals surface area contributed by atoms with E-state index in [-0.39, 0.29) is 30.0 Å². The lowest BCUT2D eigenvalue weighted by Crippen LogP contribution is -2.51.